The minimum Gasteiger partial charge on any atom is -0.496 e. The van der Waals surface area contributed by atoms with Crippen LogP contribution < -0.4 is 4.74 Å². The highest BCUT2D eigenvalue weighted by Crippen LogP contribution is 2.39. The Kier molecular flexibility index (Phi) is 7.86. The molecule has 1 aliphatic heterocycles. The predicted molar refractivity (Wildman–Crippen MR) is 127 cm³/mol. The highest BCUT2D eigenvalue weighted by atomic mass is 35.5. The third-order valence-electron chi connectivity index (χ3n) is 6.58. The van der Waals surface area contributed by atoms with Crippen molar-refractivity contribution in [2.24, 2.45) is 5.92 Å². The van der Waals surface area contributed by atoms with Gasteiger partial charge in [-0.15, -0.1) is 12.4 Å². The standard InChI is InChI=1S/C25H28ClNO4.ClH/c1-17(28)31-25(19-6-4-3-5-7-19)12-14-27(15-13-25)16-18-8-9-20-22(30-2)11-10-21(26)23(20)24(18)29;/h3-7,10-11,18H,8-9,12-16H2,1-2H3;1H. The van der Waals surface area contributed by atoms with E-state index in [2.05, 4.69) is 4.90 Å². The minimum absolute atomic E-state index is 0. The maximum atomic E-state index is 13.2. The molecule has 1 fully saturated rings. The molecule has 2 aliphatic rings. The number of carbonyl (C=O) groups is 2. The summed E-state index contributed by atoms with van der Waals surface area (Å²) in [6.07, 6.45) is 2.99. The van der Waals surface area contributed by atoms with Crippen molar-refractivity contribution >= 4 is 35.8 Å². The van der Waals surface area contributed by atoms with Crippen LogP contribution in [0.4, 0.5) is 0 Å². The molecule has 1 unspecified atom stereocenters. The summed E-state index contributed by atoms with van der Waals surface area (Å²) in [5.74, 6) is 0.484. The second kappa shape index (κ2) is 10.2. The Morgan fingerprint density at radius 1 is 1.16 bits per heavy atom. The van der Waals surface area contributed by atoms with Gasteiger partial charge in [0.2, 0.25) is 0 Å². The van der Waals surface area contributed by atoms with Crippen LogP contribution in [0.15, 0.2) is 42.5 Å². The van der Waals surface area contributed by atoms with E-state index in [4.69, 9.17) is 21.1 Å². The zero-order valence-corrected chi connectivity index (χ0v) is 20.0. The number of ether oxygens (including phenoxy) is 2. The Morgan fingerprint density at radius 2 is 1.84 bits per heavy atom. The molecule has 0 bridgehead atoms. The van der Waals surface area contributed by atoms with Gasteiger partial charge in [-0.1, -0.05) is 41.9 Å². The number of rotatable bonds is 5. The number of esters is 1. The SMILES string of the molecule is COc1ccc(Cl)c2c1CCC(CN1CCC(OC(C)=O)(c3ccccc3)CC1)C2=O.Cl. The lowest BCUT2D eigenvalue weighted by Gasteiger charge is -2.42. The van der Waals surface area contributed by atoms with Crippen LogP contribution in [0.2, 0.25) is 5.02 Å². The number of Topliss-reactive ketones (excluding diaryl/α,β-unsaturated/α-hetero) is 1. The van der Waals surface area contributed by atoms with E-state index < -0.39 is 5.60 Å². The van der Waals surface area contributed by atoms with Crippen molar-refractivity contribution in [1.82, 2.24) is 4.90 Å². The van der Waals surface area contributed by atoms with Crippen LogP contribution in [0.1, 0.15) is 47.7 Å². The molecule has 2 aromatic rings. The smallest absolute Gasteiger partial charge is 0.303 e. The van der Waals surface area contributed by atoms with Crippen LogP contribution in [0.3, 0.4) is 0 Å². The first-order valence-corrected chi connectivity index (χ1v) is 11.2. The average molecular weight is 478 g/mol. The van der Waals surface area contributed by atoms with Crippen LogP contribution in [0.25, 0.3) is 0 Å². The molecule has 1 heterocycles. The largest absolute Gasteiger partial charge is 0.496 e. The number of hydrogen-bond donors (Lipinski definition) is 0. The lowest BCUT2D eigenvalue weighted by atomic mass is 9.80. The molecule has 1 saturated heterocycles. The Hall–Kier alpha value is -2.08. The van der Waals surface area contributed by atoms with Crippen molar-refractivity contribution in [3.63, 3.8) is 0 Å². The van der Waals surface area contributed by atoms with Crippen LogP contribution in [-0.2, 0) is 21.6 Å². The summed E-state index contributed by atoms with van der Waals surface area (Å²) in [7, 11) is 1.62. The molecule has 4 rings (SSSR count). The summed E-state index contributed by atoms with van der Waals surface area (Å²) >= 11 is 6.39. The number of fused-ring (bicyclic) bond motifs is 1. The quantitative estimate of drug-likeness (QED) is 0.562. The molecule has 0 N–H and O–H groups in total. The van der Waals surface area contributed by atoms with Crippen molar-refractivity contribution in [1.29, 1.82) is 0 Å². The van der Waals surface area contributed by atoms with E-state index in [1.165, 1.54) is 6.92 Å². The van der Waals surface area contributed by atoms with Gasteiger partial charge in [0, 0.05) is 56.4 Å². The molecule has 0 saturated carbocycles. The van der Waals surface area contributed by atoms with Crippen LogP contribution >= 0.6 is 24.0 Å². The van der Waals surface area contributed by atoms with Gasteiger partial charge in [0.25, 0.3) is 0 Å². The maximum absolute atomic E-state index is 13.2. The molecule has 0 spiro atoms. The Morgan fingerprint density at radius 3 is 2.47 bits per heavy atom. The molecule has 0 amide bonds. The molecule has 0 radical (unpaired) electrons. The van der Waals surface area contributed by atoms with E-state index >= 15 is 0 Å². The summed E-state index contributed by atoms with van der Waals surface area (Å²) in [5.41, 5.74) is 1.98. The highest BCUT2D eigenvalue weighted by molar-refractivity contribution is 6.34. The number of carbonyl (C=O) groups excluding carboxylic acids is 2. The van der Waals surface area contributed by atoms with Gasteiger partial charge in [0.15, 0.2) is 5.78 Å². The fourth-order valence-corrected chi connectivity index (χ4v) is 5.28. The van der Waals surface area contributed by atoms with Gasteiger partial charge in [-0.3, -0.25) is 9.59 Å². The van der Waals surface area contributed by atoms with Crippen LogP contribution in [-0.4, -0.2) is 43.4 Å². The number of ketones is 1. The van der Waals surface area contributed by atoms with Gasteiger partial charge in [-0.05, 0) is 30.5 Å². The summed E-state index contributed by atoms with van der Waals surface area (Å²) in [5, 5.41) is 0.502. The monoisotopic (exact) mass is 477 g/mol. The zero-order chi connectivity index (χ0) is 22.0. The Bertz CT molecular complexity index is 971. The van der Waals surface area contributed by atoms with Gasteiger partial charge in [-0.25, -0.2) is 0 Å². The second-order valence-corrected chi connectivity index (χ2v) is 8.86. The topological polar surface area (TPSA) is 55.8 Å². The number of nitrogens with zero attached hydrogens (tertiary/aromatic N) is 1. The predicted octanol–water partition coefficient (Wildman–Crippen LogP) is 5.07. The van der Waals surface area contributed by atoms with Crippen molar-refractivity contribution in [3.05, 3.63) is 64.2 Å². The summed E-state index contributed by atoms with van der Waals surface area (Å²) < 4.78 is 11.3. The number of piperidine rings is 1. The summed E-state index contributed by atoms with van der Waals surface area (Å²) in [4.78, 5) is 27.4. The Labute approximate surface area is 200 Å². The van der Waals surface area contributed by atoms with E-state index in [1.807, 2.05) is 36.4 Å². The van der Waals surface area contributed by atoms with E-state index in [0.29, 0.717) is 30.0 Å². The van der Waals surface area contributed by atoms with Crippen LogP contribution in [0, 0.1) is 5.92 Å². The van der Waals surface area contributed by atoms with E-state index in [1.54, 1.807) is 13.2 Å². The fourth-order valence-electron chi connectivity index (χ4n) is 5.01. The van der Waals surface area contributed by atoms with Crippen LogP contribution in [0.5, 0.6) is 5.75 Å². The average Bonchev–Trinajstić information content (AvgIpc) is 2.77. The van der Waals surface area contributed by atoms with Crippen molar-refractivity contribution in [2.45, 2.75) is 38.2 Å². The molecule has 172 valence electrons. The Balaban J connectivity index is 0.00000289. The van der Waals surface area contributed by atoms with E-state index in [0.717, 1.165) is 42.8 Å². The van der Waals surface area contributed by atoms with E-state index in [9.17, 15) is 9.59 Å². The third kappa shape index (κ3) is 4.80. The first-order chi connectivity index (χ1) is 14.9. The fraction of sp³-hybridized carbons (Fsp3) is 0.440. The summed E-state index contributed by atoms with van der Waals surface area (Å²) in [6, 6.07) is 13.5. The van der Waals surface area contributed by atoms with Gasteiger partial charge in [0.05, 0.1) is 12.1 Å². The number of hydrogen-bond acceptors (Lipinski definition) is 5. The lowest BCUT2D eigenvalue weighted by Crippen LogP contribution is -2.47. The van der Waals surface area contributed by atoms with Gasteiger partial charge < -0.3 is 14.4 Å². The highest BCUT2D eigenvalue weighted by Gasteiger charge is 2.40. The van der Waals surface area contributed by atoms with Crippen molar-refractivity contribution in [2.75, 3.05) is 26.7 Å². The molecule has 32 heavy (non-hydrogen) atoms. The molecule has 1 atom stereocenters. The van der Waals surface area contributed by atoms with E-state index in [-0.39, 0.29) is 30.1 Å². The second-order valence-electron chi connectivity index (χ2n) is 8.46. The lowest BCUT2D eigenvalue weighted by molar-refractivity contribution is -0.164. The van der Waals surface area contributed by atoms with Gasteiger partial charge in [-0.2, -0.15) is 0 Å². The van der Waals surface area contributed by atoms with Crippen molar-refractivity contribution < 1.29 is 19.1 Å². The molecular formula is C25H29Cl2NO4. The molecule has 2 aromatic carbocycles. The van der Waals surface area contributed by atoms with Gasteiger partial charge >= 0.3 is 5.97 Å². The molecule has 1 aliphatic carbocycles. The molecule has 7 heteroatoms. The summed E-state index contributed by atoms with van der Waals surface area (Å²) in [6.45, 7) is 3.69. The van der Waals surface area contributed by atoms with Gasteiger partial charge in [0.1, 0.15) is 11.4 Å². The minimum atomic E-state index is -0.594. The number of halogens is 2. The normalized spacial score (nSPS) is 20.1. The number of methoxy groups -OCH3 is 1. The molecular weight excluding hydrogens is 449 g/mol. The number of benzene rings is 2. The maximum Gasteiger partial charge on any atom is 0.303 e. The first-order valence-electron chi connectivity index (χ1n) is 10.8. The molecule has 5 nitrogen and oxygen atoms in total. The van der Waals surface area contributed by atoms with Crippen molar-refractivity contribution in [3.8, 4) is 5.75 Å². The zero-order valence-electron chi connectivity index (χ0n) is 18.4. The third-order valence-corrected chi connectivity index (χ3v) is 6.90. The number of likely N-dealkylation sites (tertiary alicyclic amines) is 1. The first kappa shape index (κ1) is 24.6. The molecule has 0 aromatic heterocycles.